The van der Waals surface area contributed by atoms with Gasteiger partial charge in [-0.05, 0) is 13.0 Å². The fourth-order valence-electron chi connectivity index (χ4n) is 1.42. The lowest BCUT2D eigenvalue weighted by molar-refractivity contribution is -0.122. The largest absolute Gasteiger partial charge is 0.465 e. The van der Waals surface area contributed by atoms with E-state index in [1.165, 1.54) is 7.11 Å². The predicted octanol–water partition coefficient (Wildman–Crippen LogP) is 0.0254. The molecule has 1 rings (SSSR count). The second kappa shape index (κ2) is 6.05. The zero-order chi connectivity index (χ0) is 12.8. The van der Waals surface area contributed by atoms with Crippen LogP contribution in [-0.2, 0) is 16.1 Å². The number of methoxy groups -OCH3 is 1. The van der Waals surface area contributed by atoms with Gasteiger partial charge in [-0.25, -0.2) is 4.79 Å². The topological polar surface area (TPSA) is 83.2 Å². The molecule has 0 aliphatic rings. The number of aromatic amines is 1. The van der Waals surface area contributed by atoms with Gasteiger partial charge < -0.3 is 20.4 Å². The number of H-pyrrole nitrogens is 1. The van der Waals surface area contributed by atoms with E-state index in [9.17, 15) is 9.59 Å². The number of aromatic nitrogens is 1. The van der Waals surface area contributed by atoms with Gasteiger partial charge in [0.05, 0.1) is 18.7 Å². The molecule has 0 radical (unpaired) electrons. The van der Waals surface area contributed by atoms with E-state index in [1.807, 2.05) is 0 Å². The van der Waals surface area contributed by atoms with Crippen LogP contribution in [-0.4, -0.2) is 37.1 Å². The third kappa shape index (κ3) is 3.32. The van der Waals surface area contributed by atoms with Crippen LogP contribution >= 0.6 is 0 Å². The Morgan fingerprint density at radius 3 is 2.82 bits per heavy atom. The molecular weight excluding hydrogens is 222 g/mol. The first kappa shape index (κ1) is 13.2. The van der Waals surface area contributed by atoms with Gasteiger partial charge in [-0.1, -0.05) is 0 Å². The van der Waals surface area contributed by atoms with Gasteiger partial charge in [0.1, 0.15) is 0 Å². The maximum Gasteiger partial charge on any atom is 0.339 e. The van der Waals surface area contributed by atoms with Gasteiger partial charge in [-0.15, -0.1) is 0 Å². The average molecular weight is 239 g/mol. The Morgan fingerprint density at radius 1 is 1.53 bits per heavy atom. The van der Waals surface area contributed by atoms with E-state index < -0.39 is 5.97 Å². The summed E-state index contributed by atoms with van der Waals surface area (Å²) in [6.45, 7) is 2.14. The molecule has 94 valence electrons. The number of esters is 1. The normalized spacial score (nSPS) is 11.9. The van der Waals surface area contributed by atoms with E-state index in [-0.39, 0.29) is 11.9 Å². The third-order valence-electron chi connectivity index (χ3n) is 2.46. The molecule has 1 aromatic heterocycles. The van der Waals surface area contributed by atoms with E-state index in [0.29, 0.717) is 17.8 Å². The predicted molar refractivity (Wildman–Crippen MR) is 62.5 cm³/mol. The summed E-state index contributed by atoms with van der Waals surface area (Å²) in [6, 6.07) is 1.32. The number of rotatable bonds is 5. The Balaban J connectivity index is 2.61. The summed E-state index contributed by atoms with van der Waals surface area (Å²) in [5.74, 6) is -0.494. The van der Waals surface area contributed by atoms with Crippen molar-refractivity contribution in [3.63, 3.8) is 0 Å². The highest BCUT2D eigenvalue weighted by Gasteiger charge is 2.15. The first-order valence-corrected chi connectivity index (χ1v) is 5.29. The van der Waals surface area contributed by atoms with Crippen molar-refractivity contribution in [1.29, 1.82) is 0 Å². The quantitative estimate of drug-likeness (QED) is 0.633. The Hall–Kier alpha value is -1.82. The van der Waals surface area contributed by atoms with E-state index in [2.05, 4.69) is 20.4 Å². The third-order valence-corrected chi connectivity index (χ3v) is 2.46. The highest BCUT2D eigenvalue weighted by molar-refractivity contribution is 5.90. The lowest BCUT2D eigenvalue weighted by Gasteiger charge is -2.12. The molecule has 0 aliphatic carbocycles. The lowest BCUT2D eigenvalue weighted by atomic mass is 10.2. The van der Waals surface area contributed by atoms with Crippen molar-refractivity contribution in [2.24, 2.45) is 0 Å². The van der Waals surface area contributed by atoms with Gasteiger partial charge in [0.25, 0.3) is 0 Å². The Labute approximate surface area is 99.7 Å². The minimum atomic E-state index is -0.393. The van der Waals surface area contributed by atoms with Crippen LogP contribution in [0.4, 0.5) is 0 Å². The van der Waals surface area contributed by atoms with Crippen LogP contribution < -0.4 is 10.6 Å². The molecule has 1 amide bonds. The zero-order valence-corrected chi connectivity index (χ0v) is 10.2. The van der Waals surface area contributed by atoms with Gasteiger partial charge in [0.2, 0.25) is 5.91 Å². The highest BCUT2D eigenvalue weighted by Crippen LogP contribution is 2.08. The minimum Gasteiger partial charge on any atom is -0.465 e. The van der Waals surface area contributed by atoms with Crippen LogP contribution in [0, 0.1) is 0 Å². The maximum absolute atomic E-state index is 11.4. The number of carbonyl (C=O) groups excluding carboxylic acids is 2. The van der Waals surface area contributed by atoms with Crippen LogP contribution in [0.5, 0.6) is 0 Å². The van der Waals surface area contributed by atoms with Crippen LogP contribution in [0.15, 0.2) is 12.3 Å². The number of hydrogen-bond donors (Lipinski definition) is 3. The molecule has 6 heteroatoms. The summed E-state index contributed by atoms with van der Waals surface area (Å²) < 4.78 is 4.64. The van der Waals surface area contributed by atoms with E-state index in [0.717, 1.165) is 0 Å². The minimum absolute atomic E-state index is 0.101. The summed E-state index contributed by atoms with van der Waals surface area (Å²) in [5.41, 5.74) is 1.18. The van der Waals surface area contributed by atoms with Gasteiger partial charge in [0.15, 0.2) is 0 Å². The summed E-state index contributed by atoms with van der Waals surface area (Å²) in [5, 5.41) is 5.54. The highest BCUT2D eigenvalue weighted by atomic mass is 16.5. The fraction of sp³-hybridized carbons (Fsp3) is 0.455. The van der Waals surface area contributed by atoms with Crippen LogP contribution in [0.1, 0.15) is 23.0 Å². The number of carbonyl (C=O) groups is 2. The lowest BCUT2D eigenvalue weighted by Crippen LogP contribution is -2.40. The number of hydrogen-bond acceptors (Lipinski definition) is 4. The number of ether oxygens (including phenoxy) is 1. The summed E-state index contributed by atoms with van der Waals surface area (Å²) in [7, 11) is 2.91. The molecule has 6 nitrogen and oxygen atoms in total. The van der Waals surface area contributed by atoms with Crippen molar-refractivity contribution in [2.45, 2.75) is 19.5 Å². The van der Waals surface area contributed by atoms with E-state index >= 15 is 0 Å². The molecule has 1 atom stereocenters. The first-order valence-electron chi connectivity index (χ1n) is 5.29. The Kier molecular flexibility index (Phi) is 4.71. The Bertz CT molecular complexity index is 400. The summed E-state index contributed by atoms with van der Waals surface area (Å²) in [4.78, 5) is 25.6. The van der Waals surface area contributed by atoms with Crippen molar-refractivity contribution in [1.82, 2.24) is 15.6 Å². The number of likely N-dealkylation sites (N-methyl/N-ethyl adjacent to an activating group) is 1. The van der Waals surface area contributed by atoms with Gasteiger partial charge in [-0.3, -0.25) is 4.79 Å². The van der Waals surface area contributed by atoms with Crippen molar-refractivity contribution >= 4 is 11.9 Å². The van der Waals surface area contributed by atoms with Crippen molar-refractivity contribution in [3.8, 4) is 0 Å². The van der Waals surface area contributed by atoms with Crippen LogP contribution in [0.25, 0.3) is 0 Å². The van der Waals surface area contributed by atoms with Crippen molar-refractivity contribution in [3.05, 3.63) is 23.5 Å². The molecule has 0 spiro atoms. The summed E-state index contributed by atoms with van der Waals surface area (Å²) >= 11 is 0. The second-order valence-electron chi connectivity index (χ2n) is 3.58. The molecule has 17 heavy (non-hydrogen) atoms. The van der Waals surface area contributed by atoms with E-state index in [1.54, 1.807) is 26.2 Å². The van der Waals surface area contributed by atoms with E-state index in [4.69, 9.17) is 0 Å². The number of amides is 1. The van der Waals surface area contributed by atoms with Gasteiger partial charge >= 0.3 is 5.97 Å². The zero-order valence-electron chi connectivity index (χ0n) is 10.2. The first-order chi connectivity index (χ1) is 8.10. The molecule has 0 aliphatic heterocycles. The molecule has 0 saturated carbocycles. The summed E-state index contributed by atoms with van der Waals surface area (Å²) in [6.07, 6.45) is 1.66. The molecule has 3 N–H and O–H groups in total. The van der Waals surface area contributed by atoms with Gasteiger partial charge in [-0.2, -0.15) is 0 Å². The molecule has 1 aromatic rings. The fourth-order valence-corrected chi connectivity index (χ4v) is 1.42. The van der Waals surface area contributed by atoms with Crippen molar-refractivity contribution in [2.75, 3.05) is 14.2 Å². The molecular formula is C11H17N3O3. The molecule has 0 bridgehead atoms. The molecule has 1 unspecified atom stereocenters. The van der Waals surface area contributed by atoms with Crippen LogP contribution in [0.3, 0.4) is 0 Å². The average Bonchev–Trinajstić information content (AvgIpc) is 2.82. The number of nitrogens with one attached hydrogen (secondary N) is 3. The second-order valence-corrected chi connectivity index (χ2v) is 3.58. The maximum atomic E-state index is 11.4. The van der Waals surface area contributed by atoms with Crippen molar-refractivity contribution < 1.29 is 14.3 Å². The van der Waals surface area contributed by atoms with Crippen LogP contribution in [0.2, 0.25) is 0 Å². The molecule has 0 fully saturated rings. The van der Waals surface area contributed by atoms with Gasteiger partial charge in [0, 0.05) is 25.5 Å². The molecule has 0 saturated heterocycles. The monoisotopic (exact) mass is 239 g/mol. The Morgan fingerprint density at radius 2 is 2.24 bits per heavy atom. The molecule has 1 heterocycles. The SMILES string of the molecule is CNC(=O)C(C)NCc1[nH]ccc1C(=O)OC. The smallest absolute Gasteiger partial charge is 0.339 e. The molecule has 0 aromatic carbocycles. The standard InChI is InChI=1S/C11H17N3O3/c1-7(10(15)12-2)14-6-9-8(4-5-13-9)11(16)17-3/h4-5,7,13-14H,6H2,1-3H3,(H,12,15).